The molecule has 0 saturated heterocycles. The van der Waals surface area contributed by atoms with Gasteiger partial charge in [0.05, 0.1) is 19.1 Å². The van der Waals surface area contributed by atoms with E-state index in [1.165, 1.54) is 0 Å². The van der Waals surface area contributed by atoms with Crippen molar-refractivity contribution < 1.29 is 23.8 Å². The van der Waals surface area contributed by atoms with E-state index in [1.807, 2.05) is 31.2 Å². The number of carbonyl (C=O) groups is 2. The van der Waals surface area contributed by atoms with Gasteiger partial charge in [0.25, 0.3) is 0 Å². The molecule has 26 heavy (non-hydrogen) atoms. The highest BCUT2D eigenvalue weighted by Gasteiger charge is 2.42. The predicted molar refractivity (Wildman–Crippen MR) is 95.2 cm³/mol. The van der Waals surface area contributed by atoms with Gasteiger partial charge >= 0.3 is 5.97 Å². The summed E-state index contributed by atoms with van der Waals surface area (Å²) in [6.07, 6.45) is 1.75. The second-order valence-corrected chi connectivity index (χ2v) is 6.12. The number of hydrogen-bond donors (Lipinski definition) is 1. The van der Waals surface area contributed by atoms with Crippen molar-refractivity contribution in [1.82, 2.24) is 0 Å². The molecule has 1 aliphatic heterocycles. The molecule has 0 bridgehead atoms. The number of rotatable bonds is 5. The molecule has 0 fully saturated rings. The number of ketones is 1. The Morgan fingerprint density at radius 2 is 2.00 bits per heavy atom. The number of esters is 1. The van der Waals surface area contributed by atoms with E-state index in [0.717, 1.165) is 0 Å². The number of nitrogens with two attached hydrogens (primary N) is 1. The molecule has 138 valence electrons. The van der Waals surface area contributed by atoms with Crippen LogP contribution in [0.15, 0.2) is 47.1 Å². The Labute approximate surface area is 152 Å². The Morgan fingerprint density at radius 1 is 1.23 bits per heavy atom. The molecule has 0 spiro atoms. The number of benzene rings is 1. The molecule has 0 unspecified atom stereocenters. The average molecular weight is 357 g/mol. The zero-order valence-electron chi connectivity index (χ0n) is 15.0. The van der Waals surface area contributed by atoms with Gasteiger partial charge in [0, 0.05) is 24.0 Å². The van der Waals surface area contributed by atoms with Crippen LogP contribution in [0.3, 0.4) is 0 Å². The molecule has 2 N–H and O–H groups in total. The third-order valence-electron chi connectivity index (χ3n) is 4.51. The Balaban J connectivity index is 2.19. The van der Waals surface area contributed by atoms with E-state index >= 15 is 0 Å². The maximum atomic E-state index is 12.7. The third kappa shape index (κ3) is 3.19. The molecule has 0 aromatic heterocycles. The first kappa shape index (κ1) is 18.0. The van der Waals surface area contributed by atoms with Crippen LogP contribution in [-0.2, 0) is 19.1 Å². The first-order chi connectivity index (χ1) is 12.6. The summed E-state index contributed by atoms with van der Waals surface area (Å²) in [6.45, 7) is 4.27. The average Bonchev–Trinajstić information content (AvgIpc) is 2.62. The highest BCUT2D eigenvalue weighted by molar-refractivity contribution is 6.03. The molecular formula is C20H23NO5. The zero-order chi connectivity index (χ0) is 18.7. The van der Waals surface area contributed by atoms with Gasteiger partial charge in [0.15, 0.2) is 5.78 Å². The third-order valence-corrected chi connectivity index (χ3v) is 4.51. The van der Waals surface area contributed by atoms with Gasteiger partial charge in [-0.2, -0.15) is 0 Å². The topological polar surface area (TPSA) is 87.9 Å². The standard InChI is InChI=1S/C20H23NO5/c1-3-24-14-10-6-5-8-12(14)16-17-13(22)9-7-11-15(17)26-19(21)18(16)20(23)25-4-2/h5-6,8,10,16H,3-4,7,9,11,21H2,1-2H3/t16-/m0/s1. The van der Waals surface area contributed by atoms with Crippen LogP contribution in [-0.4, -0.2) is 25.0 Å². The van der Waals surface area contributed by atoms with Gasteiger partial charge in [-0.1, -0.05) is 18.2 Å². The molecule has 3 rings (SSSR count). The fourth-order valence-electron chi connectivity index (χ4n) is 3.48. The van der Waals surface area contributed by atoms with Crippen LogP contribution in [0.5, 0.6) is 5.75 Å². The van der Waals surface area contributed by atoms with Gasteiger partial charge in [0.1, 0.15) is 17.1 Å². The summed E-state index contributed by atoms with van der Waals surface area (Å²) in [6, 6.07) is 7.36. The number of ether oxygens (including phenoxy) is 3. The predicted octanol–water partition coefficient (Wildman–Crippen LogP) is 2.94. The summed E-state index contributed by atoms with van der Waals surface area (Å²) in [4.78, 5) is 25.3. The largest absolute Gasteiger partial charge is 0.494 e. The number of para-hydroxylation sites is 1. The van der Waals surface area contributed by atoms with Gasteiger partial charge in [0.2, 0.25) is 5.88 Å². The maximum Gasteiger partial charge on any atom is 0.340 e. The molecular weight excluding hydrogens is 334 g/mol. The molecule has 0 saturated carbocycles. The summed E-state index contributed by atoms with van der Waals surface area (Å²) >= 11 is 0. The summed E-state index contributed by atoms with van der Waals surface area (Å²) in [5.74, 6) is -0.102. The number of allylic oxidation sites excluding steroid dienone is 2. The van der Waals surface area contributed by atoms with Crippen molar-refractivity contribution in [3.05, 3.63) is 52.6 Å². The quantitative estimate of drug-likeness (QED) is 0.815. The van der Waals surface area contributed by atoms with Crippen LogP contribution in [0.2, 0.25) is 0 Å². The van der Waals surface area contributed by atoms with Crippen LogP contribution in [0.25, 0.3) is 0 Å². The zero-order valence-corrected chi connectivity index (χ0v) is 15.0. The van der Waals surface area contributed by atoms with Gasteiger partial charge in [-0.3, -0.25) is 4.79 Å². The minimum atomic E-state index is -0.645. The van der Waals surface area contributed by atoms with E-state index in [1.54, 1.807) is 6.92 Å². The normalized spacial score (nSPS) is 19.8. The minimum absolute atomic E-state index is 0.00629. The van der Waals surface area contributed by atoms with Gasteiger partial charge in [-0.05, 0) is 26.3 Å². The Morgan fingerprint density at radius 3 is 2.73 bits per heavy atom. The molecule has 1 aromatic rings. The van der Waals surface area contributed by atoms with Crippen LogP contribution in [0, 0.1) is 0 Å². The van der Waals surface area contributed by atoms with Crippen LogP contribution in [0.4, 0.5) is 0 Å². The van der Waals surface area contributed by atoms with Crippen molar-refractivity contribution in [2.24, 2.45) is 5.73 Å². The van der Waals surface area contributed by atoms with Crippen molar-refractivity contribution in [3.8, 4) is 5.75 Å². The molecule has 1 aromatic carbocycles. The van der Waals surface area contributed by atoms with E-state index in [4.69, 9.17) is 19.9 Å². The van der Waals surface area contributed by atoms with Crippen LogP contribution < -0.4 is 10.5 Å². The monoisotopic (exact) mass is 357 g/mol. The first-order valence-electron chi connectivity index (χ1n) is 8.91. The molecule has 6 nitrogen and oxygen atoms in total. The Hall–Kier alpha value is -2.76. The van der Waals surface area contributed by atoms with E-state index in [-0.39, 0.29) is 23.8 Å². The molecule has 0 amide bonds. The number of Topliss-reactive ketones (excluding diaryl/α,β-unsaturated/α-hetero) is 1. The van der Waals surface area contributed by atoms with Crippen LogP contribution >= 0.6 is 0 Å². The first-order valence-corrected chi connectivity index (χ1v) is 8.91. The number of hydrogen-bond acceptors (Lipinski definition) is 6. The van der Waals surface area contributed by atoms with Crippen molar-refractivity contribution >= 4 is 11.8 Å². The van der Waals surface area contributed by atoms with Crippen molar-refractivity contribution in [3.63, 3.8) is 0 Å². The summed E-state index contributed by atoms with van der Waals surface area (Å²) in [7, 11) is 0. The summed E-state index contributed by atoms with van der Waals surface area (Å²) in [5, 5.41) is 0. The smallest absolute Gasteiger partial charge is 0.340 e. The second kappa shape index (κ2) is 7.64. The Bertz CT molecular complexity index is 793. The second-order valence-electron chi connectivity index (χ2n) is 6.12. The van der Waals surface area contributed by atoms with Crippen molar-refractivity contribution in [2.75, 3.05) is 13.2 Å². The lowest BCUT2D eigenvalue weighted by molar-refractivity contribution is -0.139. The summed E-state index contributed by atoms with van der Waals surface area (Å²) < 4.78 is 16.6. The molecule has 6 heteroatoms. The van der Waals surface area contributed by atoms with Crippen LogP contribution in [0.1, 0.15) is 44.6 Å². The minimum Gasteiger partial charge on any atom is -0.494 e. The van der Waals surface area contributed by atoms with Gasteiger partial charge in [-0.15, -0.1) is 0 Å². The summed E-state index contributed by atoms with van der Waals surface area (Å²) in [5.41, 5.74) is 7.45. The van der Waals surface area contributed by atoms with E-state index < -0.39 is 11.9 Å². The lowest BCUT2D eigenvalue weighted by atomic mass is 9.77. The van der Waals surface area contributed by atoms with Crippen molar-refractivity contribution in [1.29, 1.82) is 0 Å². The fraction of sp³-hybridized carbons (Fsp3) is 0.400. The highest BCUT2D eigenvalue weighted by Crippen LogP contribution is 2.46. The van der Waals surface area contributed by atoms with Gasteiger partial charge < -0.3 is 19.9 Å². The highest BCUT2D eigenvalue weighted by atomic mass is 16.5. The maximum absolute atomic E-state index is 12.7. The SMILES string of the molecule is CCOC(=O)C1=C(N)OC2=C(C(=O)CCC2)[C@@H]1c1ccccc1OCC. The van der Waals surface area contributed by atoms with E-state index in [2.05, 4.69) is 0 Å². The molecule has 1 aliphatic carbocycles. The lowest BCUT2D eigenvalue weighted by Gasteiger charge is -2.33. The Kier molecular flexibility index (Phi) is 5.30. The fourth-order valence-corrected chi connectivity index (χ4v) is 3.48. The van der Waals surface area contributed by atoms with Crippen molar-refractivity contribution in [2.45, 2.75) is 39.0 Å². The van der Waals surface area contributed by atoms with E-state index in [0.29, 0.717) is 48.5 Å². The molecule has 0 radical (unpaired) electrons. The number of carbonyl (C=O) groups excluding carboxylic acids is 2. The molecule has 2 aliphatic rings. The lowest BCUT2D eigenvalue weighted by Crippen LogP contribution is -2.31. The van der Waals surface area contributed by atoms with E-state index in [9.17, 15) is 9.59 Å². The van der Waals surface area contributed by atoms with Gasteiger partial charge in [-0.25, -0.2) is 4.79 Å². The molecule has 1 heterocycles. The molecule has 1 atom stereocenters.